The minimum absolute atomic E-state index is 0. The molecule has 6 nitrogen and oxygen atoms in total. The van der Waals surface area contributed by atoms with Crippen LogP contribution in [0.25, 0.3) is 0 Å². The first kappa shape index (κ1) is 22.1. The molecule has 0 atom stereocenters. The number of rotatable bonds is 6. The van der Waals surface area contributed by atoms with Gasteiger partial charge in [-0.1, -0.05) is 0 Å². The molecule has 0 aromatic carbocycles. The number of hydrogen-bond donors (Lipinski definition) is 2. The number of nitrogens with zero attached hydrogens (tertiary/aromatic N) is 2. The summed E-state index contributed by atoms with van der Waals surface area (Å²) in [6, 6.07) is 0.365. The van der Waals surface area contributed by atoms with Crippen molar-refractivity contribution in [3.8, 4) is 0 Å². The van der Waals surface area contributed by atoms with Crippen molar-refractivity contribution in [2.24, 2.45) is 10.9 Å². The standard InChI is InChI=1S/C17H28N4O2S.HI/c1-4-23-16(22)13-5-7-14(8-6-13)21-17(18-3)19-10-9-15-20-11-12(2)24-15;/h11,13-14H,4-10H2,1-3H3,(H2,18,19,21);1H. The fraction of sp³-hybridized carbons (Fsp3) is 0.706. The van der Waals surface area contributed by atoms with Crippen LogP contribution in [0, 0.1) is 12.8 Å². The smallest absolute Gasteiger partial charge is 0.308 e. The molecule has 1 aliphatic rings. The molecule has 1 fully saturated rings. The first-order chi connectivity index (χ1) is 11.6. The zero-order valence-electron chi connectivity index (χ0n) is 15.2. The van der Waals surface area contributed by atoms with Gasteiger partial charge in [-0.2, -0.15) is 0 Å². The van der Waals surface area contributed by atoms with Crippen LogP contribution in [-0.2, 0) is 16.0 Å². The minimum Gasteiger partial charge on any atom is -0.466 e. The highest BCUT2D eigenvalue weighted by Crippen LogP contribution is 2.25. The third kappa shape index (κ3) is 7.47. The molecule has 1 aliphatic carbocycles. The van der Waals surface area contributed by atoms with E-state index in [0.717, 1.165) is 49.6 Å². The Bertz CT molecular complexity index is 557. The third-order valence-corrected chi connectivity index (χ3v) is 5.18. The topological polar surface area (TPSA) is 75.6 Å². The maximum atomic E-state index is 11.8. The van der Waals surface area contributed by atoms with Crippen LogP contribution in [0.15, 0.2) is 11.2 Å². The molecule has 0 bridgehead atoms. The summed E-state index contributed by atoms with van der Waals surface area (Å²) in [7, 11) is 1.78. The van der Waals surface area contributed by atoms with Gasteiger partial charge < -0.3 is 15.4 Å². The summed E-state index contributed by atoms with van der Waals surface area (Å²) in [5.74, 6) is 0.839. The monoisotopic (exact) mass is 480 g/mol. The molecule has 1 heterocycles. The van der Waals surface area contributed by atoms with E-state index in [9.17, 15) is 4.79 Å². The summed E-state index contributed by atoms with van der Waals surface area (Å²) < 4.78 is 5.12. The lowest BCUT2D eigenvalue weighted by Crippen LogP contribution is -2.45. The molecule has 8 heteroatoms. The number of thiazole rings is 1. The number of hydrogen-bond acceptors (Lipinski definition) is 5. The number of carbonyl (C=O) groups is 1. The highest BCUT2D eigenvalue weighted by Gasteiger charge is 2.27. The van der Waals surface area contributed by atoms with Crippen molar-refractivity contribution >= 4 is 47.2 Å². The van der Waals surface area contributed by atoms with Crippen LogP contribution >= 0.6 is 35.3 Å². The summed E-state index contributed by atoms with van der Waals surface area (Å²) in [5.41, 5.74) is 0. The Balaban J connectivity index is 0.00000312. The molecule has 0 spiro atoms. The Hall–Kier alpha value is -0.900. The van der Waals surface area contributed by atoms with Crippen molar-refractivity contribution in [3.05, 3.63) is 16.1 Å². The van der Waals surface area contributed by atoms with Crippen LogP contribution < -0.4 is 10.6 Å². The largest absolute Gasteiger partial charge is 0.466 e. The van der Waals surface area contributed by atoms with E-state index >= 15 is 0 Å². The maximum absolute atomic E-state index is 11.8. The van der Waals surface area contributed by atoms with Crippen LogP contribution in [0.5, 0.6) is 0 Å². The quantitative estimate of drug-likeness (QED) is 0.284. The number of aliphatic imine (C=N–C) groups is 1. The van der Waals surface area contributed by atoms with Gasteiger partial charge in [0.15, 0.2) is 5.96 Å². The van der Waals surface area contributed by atoms with Crippen molar-refractivity contribution in [3.63, 3.8) is 0 Å². The number of ether oxygens (including phenoxy) is 1. The zero-order chi connectivity index (χ0) is 17.4. The second-order valence-electron chi connectivity index (χ2n) is 6.06. The van der Waals surface area contributed by atoms with Crippen LogP contribution in [0.3, 0.4) is 0 Å². The molecule has 1 saturated carbocycles. The summed E-state index contributed by atoms with van der Waals surface area (Å²) in [6.07, 6.45) is 6.51. The minimum atomic E-state index is -0.0443. The van der Waals surface area contributed by atoms with E-state index in [4.69, 9.17) is 4.74 Å². The first-order valence-corrected chi connectivity index (χ1v) is 9.49. The third-order valence-electron chi connectivity index (χ3n) is 4.21. The number of guanidine groups is 1. The number of nitrogens with one attached hydrogen (secondary N) is 2. The average Bonchev–Trinajstić information content (AvgIpc) is 3.00. The van der Waals surface area contributed by atoms with Gasteiger partial charge >= 0.3 is 5.97 Å². The average molecular weight is 480 g/mol. The van der Waals surface area contributed by atoms with E-state index in [1.165, 1.54) is 4.88 Å². The molecule has 25 heavy (non-hydrogen) atoms. The zero-order valence-corrected chi connectivity index (χ0v) is 18.4. The second-order valence-corrected chi connectivity index (χ2v) is 7.38. The molecule has 142 valence electrons. The summed E-state index contributed by atoms with van der Waals surface area (Å²) in [4.78, 5) is 21.7. The van der Waals surface area contributed by atoms with E-state index in [-0.39, 0.29) is 35.9 Å². The van der Waals surface area contributed by atoms with Crippen LogP contribution in [0.4, 0.5) is 0 Å². The number of aromatic nitrogens is 1. The molecular weight excluding hydrogens is 451 g/mol. The van der Waals surface area contributed by atoms with E-state index in [1.54, 1.807) is 18.4 Å². The number of halogens is 1. The molecule has 1 aromatic heterocycles. The van der Waals surface area contributed by atoms with E-state index in [0.29, 0.717) is 12.6 Å². The van der Waals surface area contributed by atoms with Gasteiger partial charge in [0.25, 0.3) is 0 Å². The van der Waals surface area contributed by atoms with Crippen LogP contribution in [0.2, 0.25) is 0 Å². The predicted molar refractivity (Wildman–Crippen MR) is 113 cm³/mol. The van der Waals surface area contributed by atoms with Gasteiger partial charge in [-0.3, -0.25) is 9.79 Å². The van der Waals surface area contributed by atoms with Crippen molar-refractivity contribution < 1.29 is 9.53 Å². The van der Waals surface area contributed by atoms with Gasteiger partial charge in [0, 0.05) is 37.1 Å². The molecule has 0 saturated heterocycles. The van der Waals surface area contributed by atoms with Crippen molar-refractivity contribution in [1.82, 2.24) is 15.6 Å². The normalized spacial score (nSPS) is 20.5. The van der Waals surface area contributed by atoms with Gasteiger partial charge in [-0.05, 0) is 39.5 Å². The Morgan fingerprint density at radius 1 is 1.40 bits per heavy atom. The number of esters is 1. The molecule has 2 rings (SSSR count). The fourth-order valence-electron chi connectivity index (χ4n) is 2.93. The highest BCUT2D eigenvalue weighted by molar-refractivity contribution is 14.0. The maximum Gasteiger partial charge on any atom is 0.308 e. The predicted octanol–water partition coefficient (Wildman–Crippen LogP) is 2.90. The van der Waals surface area contributed by atoms with Gasteiger partial charge in [0.05, 0.1) is 17.5 Å². The molecule has 0 amide bonds. The molecule has 0 aliphatic heterocycles. The van der Waals surface area contributed by atoms with Gasteiger partial charge in [0.1, 0.15) is 0 Å². The summed E-state index contributed by atoms with van der Waals surface area (Å²) in [5, 5.41) is 7.94. The molecule has 0 unspecified atom stereocenters. The van der Waals surface area contributed by atoms with Gasteiger partial charge in [-0.25, -0.2) is 4.98 Å². The lowest BCUT2D eigenvalue weighted by Gasteiger charge is -2.29. The SMILES string of the molecule is CCOC(=O)C1CCC(NC(=NC)NCCc2ncc(C)s2)CC1.I. The van der Waals surface area contributed by atoms with E-state index < -0.39 is 0 Å². The van der Waals surface area contributed by atoms with Crippen molar-refractivity contribution in [2.45, 2.75) is 52.0 Å². The Morgan fingerprint density at radius 3 is 2.68 bits per heavy atom. The van der Waals surface area contributed by atoms with Crippen molar-refractivity contribution in [2.75, 3.05) is 20.2 Å². The summed E-state index contributed by atoms with van der Waals surface area (Å²) >= 11 is 1.73. The van der Waals surface area contributed by atoms with Crippen LogP contribution in [-0.4, -0.2) is 43.2 Å². The van der Waals surface area contributed by atoms with Crippen molar-refractivity contribution in [1.29, 1.82) is 0 Å². The molecule has 1 aromatic rings. The van der Waals surface area contributed by atoms with Gasteiger partial charge in [0.2, 0.25) is 0 Å². The number of aryl methyl sites for hydroxylation is 1. The molecule has 0 radical (unpaired) electrons. The Labute approximate surface area is 171 Å². The molecular formula is C17H29IN4O2S. The van der Waals surface area contributed by atoms with Crippen LogP contribution in [0.1, 0.15) is 42.5 Å². The van der Waals surface area contributed by atoms with Gasteiger partial charge in [-0.15, -0.1) is 35.3 Å². The van der Waals surface area contributed by atoms with E-state index in [1.807, 2.05) is 13.1 Å². The summed E-state index contributed by atoms with van der Waals surface area (Å²) in [6.45, 7) is 5.20. The van der Waals surface area contributed by atoms with E-state index in [2.05, 4.69) is 27.5 Å². The first-order valence-electron chi connectivity index (χ1n) is 8.67. The number of carbonyl (C=O) groups excluding carboxylic acids is 1. The Morgan fingerprint density at radius 2 is 2.12 bits per heavy atom. The lowest BCUT2D eigenvalue weighted by molar-refractivity contribution is -0.149. The fourth-order valence-corrected chi connectivity index (χ4v) is 3.71. The second kappa shape index (κ2) is 11.7. The molecule has 2 N–H and O–H groups in total. The lowest BCUT2D eigenvalue weighted by atomic mass is 9.86. The highest BCUT2D eigenvalue weighted by atomic mass is 127. The Kier molecular flexibility index (Phi) is 10.3.